The highest BCUT2D eigenvalue weighted by atomic mass is 16.7. The lowest BCUT2D eigenvalue weighted by molar-refractivity contribution is -0.289. The van der Waals surface area contributed by atoms with Crippen LogP contribution in [0, 0.1) is 0 Å². The third-order valence-corrected chi connectivity index (χ3v) is 5.62. The smallest absolute Gasteiger partial charge is 0.336 e. The molecule has 13 heteroatoms. The van der Waals surface area contributed by atoms with Crippen molar-refractivity contribution in [2.75, 3.05) is 19.8 Å². The van der Waals surface area contributed by atoms with E-state index in [1.54, 1.807) is 0 Å². The second-order valence-corrected chi connectivity index (χ2v) is 7.96. The van der Waals surface area contributed by atoms with Crippen molar-refractivity contribution in [3.63, 3.8) is 0 Å². The van der Waals surface area contributed by atoms with Crippen LogP contribution in [0.3, 0.4) is 0 Å². The number of phenols is 1. The summed E-state index contributed by atoms with van der Waals surface area (Å²) in [5, 5.41) is 70.3. The monoisotopic (exact) mass is 472 g/mol. The van der Waals surface area contributed by atoms with E-state index in [-0.39, 0.29) is 22.5 Å². The molecular formula is C20H24O13. The predicted molar refractivity (Wildman–Crippen MR) is 105 cm³/mol. The number of phenolic OH excluding ortho intramolecular Hbond substituents is 1. The first kappa shape index (κ1) is 23.8. The molecule has 0 saturated carbocycles. The van der Waals surface area contributed by atoms with Gasteiger partial charge in [0.1, 0.15) is 53.2 Å². The maximum absolute atomic E-state index is 11.4. The topological polar surface area (TPSA) is 209 Å². The van der Waals surface area contributed by atoms with Crippen molar-refractivity contribution in [2.24, 2.45) is 0 Å². The van der Waals surface area contributed by atoms with Gasteiger partial charge in [-0.1, -0.05) is 0 Å². The average molecular weight is 472 g/mol. The van der Waals surface area contributed by atoms with Crippen LogP contribution in [0.2, 0.25) is 0 Å². The van der Waals surface area contributed by atoms with Gasteiger partial charge < -0.3 is 59.1 Å². The minimum Gasteiger partial charge on any atom is -0.507 e. The van der Waals surface area contributed by atoms with E-state index < -0.39 is 74.1 Å². The third kappa shape index (κ3) is 4.55. The first-order valence-electron chi connectivity index (χ1n) is 10.0. The minimum atomic E-state index is -1.91. The van der Waals surface area contributed by atoms with Gasteiger partial charge in [-0.15, -0.1) is 0 Å². The molecule has 13 nitrogen and oxygen atoms in total. The quantitative estimate of drug-likeness (QED) is 0.211. The Kier molecular flexibility index (Phi) is 6.59. The normalized spacial score (nSPS) is 36.8. The molecule has 0 unspecified atom stereocenters. The van der Waals surface area contributed by atoms with Gasteiger partial charge in [-0.25, -0.2) is 4.79 Å². The molecule has 2 fully saturated rings. The number of rotatable bonds is 6. The zero-order valence-electron chi connectivity index (χ0n) is 17.1. The van der Waals surface area contributed by atoms with E-state index in [1.165, 1.54) is 18.2 Å². The van der Waals surface area contributed by atoms with Crippen molar-refractivity contribution < 1.29 is 59.1 Å². The molecule has 8 atom stereocenters. The zero-order chi connectivity index (χ0) is 23.9. The highest BCUT2D eigenvalue weighted by Crippen LogP contribution is 2.32. The molecular weight excluding hydrogens is 448 g/mol. The van der Waals surface area contributed by atoms with Crippen LogP contribution in [-0.2, 0) is 14.2 Å². The maximum Gasteiger partial charge on any atom is 0.336 e. The molecule has 0 bridgehead atoms. The van der Waals surface area contributed by atoms with Crippen LogP contribution >= 0.6 is 0 Å². The number of hydrogen-bond donors (Lipinski definition) is 7. The Labute approximate surface area is 185 Å². The highest BCUT2D eigenvalue weighted by Gasteiger charge is 2.50. The summed E-state index contributed by atoms with van der Waals surface area (Å²) >= 11 is 0. The van der Waals surface area contributed by atoms with E-state index in [2.05, 4.69) is 0 Å². The second kappa shape index (κ2) is 9.13. The number of aromatic hydroxyl groups is 1. The van der Waals surface area contributed by atoms with E-state index in [1.807, 2.05) is 0 Å². The average Bonchev–Trinajstić information content (AvgIpc) is 3.07. The van der Waals surface area contributed by atoms with Gasteiger partial charge in [-0.3, -0.25) is 0 Å². The van der Waals surface area contributed by atoms with Crippen molar-refractivity contribution in [3.05, 3.63) is 34.7 Å². The predicted octanol–water partition coefficient (Wildman–Crippen LogP) is -2.86. The molecule has 2 aliphatic heterocycles. The Hall–Kier alpha value is -2.33. The summed E-state index contributed by atoms with van der Waals surface area (Å²) in [6, 6.07) is 4.94. The Bertz CT molecular complexity index is 1040. The van der Waals surface area contributed by atoms with E-state index in [0.717, 1.165) is 6.07 Å². The van der Waals surface area contributed by atoms with Gasteiger partial charge in [0.15, 0.2) is 6.29 Å². The maximum atomic E-state index is 11.4. The van der Waals surface area contributed by atoms with Crippen molar-refractivity contribution in [3.8, 4) is 11.5 Å². The lowest BCUT2D eigenvalue weighted by Gasteiger charge is -2.40. The lowest BCUT2D eigenvalue weighted by atomic mass is 9.99. The number of aliphatic hydroxyl groups excluding tert-OH is 5. The molecule has 1 aromatic carbocycles. The molecule has 1 aromatic heterocycles. The fourth-order valence-corrected chi connectivity index (χ4v) is 3.61. The summed E-state index contributed by atoms with van der Waals surface area (Å²) in [5.41, 5.74) is -2.56. The van der Waals surface area contributed by atoms with Gasteiger partial charge in [-0.2, -0.15) is 0 Å². The minimum absolute atomic E-state index is 0.00649. The summed E-state index contributed by atoms with van der Waals surface area (Å²) in [6.45, 7) is -1.61. The Morgan fingerprint density at radius 3 is 2.52 bits per heavy atom. The number of ether oxygens (including phenoxy) is 4. The van der Waals surface area contributed by atoms with E-state index >= 15 is 0 Å². The first-order valence-corrected chi connectivity index (χ1v) is 10.0. The summed E-state index contributed by atoms with van der Waals surface area (Å²) in [6.07, 6.45) is -10.8. The van der Waals surface area contributed by atoms with Crippen molar-refractivity contribution >= 4 is 11.0 Å². The Balaban J connectivity index is 1.47. The number of benzene rings is 1. The second-order valence-electron chi connectivity index (χ2n) is 7.96. The SMILES string of the molecule is O=c1ccc2c(O)cc(O[C@@H]3O[C@H](CO[C@@H]4OC[C@](O)(CO)[C@H]4O)[C@@H](O)[C@H](O)[C@H]3O)cc2o1. The molecule has 2 saturated heterocycles. The van der Waals surface area contributed by atoms with Gasteiger partial charge >= 0.3 is 5.63 Å². The van der Waals surface area contributed by atoms with Gasteiger partial charge in [0.25, 0.3) is 0 Å². The first-order chi connectivity index (χ1) is 15.6. The van der Waals surface area contributed by atoms with Crippen LogP contribution in [-0.4, -0.2) is 104 Å². The fourth-order valence-electron chi connectivity index (χ4n) is 3.61. The third-order valence-electron chi connectivity index (χ3n) is 5.62. The molecule has 0 aliphatic carbocycles. The van der Waals surface area contributed by atoms with E-state index in [4.69, 9.17) is 23.4 Å². The molecule has 2 aliphatic rings. The summed E-state index contributed by atoms with van der Waals surface area (Å²) in [7, 11) is 0. The molecule has 7 N–H and O–H groups in total. The number of aliphatic hydroxyl groups is 6. The standard InChI is InChI=1S/C20H24O13/c21-6-20(28)7-30-19(17(20)27)29-5-12-14(24)15(25)16(26)18(33-12)31-8-3-10(22)9-1-2-13(23)32-11(9)4-8/h1-4,12,14-19,21-22,24-28H,5-7H2/t12-,14-,15+,16-,17+,18-,19-,20-/m1/s1. The van der Waals surface area contributed by atoms with Crippen LogP contribution < -0.4 is 10.4 Å². The van der Waals surface area contributed by atoms with Gasteiger partial charge in [-0.05, 0) is 6.07 Å². The number of fused-ring (bicyclic) bond motifs is 1. The molecule has 4 rings (SSSR count). The zero-order valence-corrected chi connectivity index (χ0v) is 17.1. The van der Waals surface area contributed by atoms with Gasteiger partial charge in [0, 0.05) is 18.2 Å². The van der Waals surface area contributed by atoms with Crippen LogP contribution in [0.1, 0.15) is 0 Å². The molecule has 0 amide bonds. The fraction of sp³-hybridized carbons (Fsp3) is 0.550. The lowest BCUT2D eigenvalue weighted by Crippen LogP contribution is -2.60. The van der Waals surface area contributed by atoms with Crippen LogP contribution in [0.5, 0.6) is 11.5 Å². The molecule has 0 radical (unpaired) electrons. The van der Waals surface area contributed by atoms with Crippen LogP contribution in [0.4, 0.5) is 0 Å². The summed E-state index contributed by atoms with van der Waals surface area (Å²) in [4.78, 5) is 11.4. The molecule has 182 valence electrons. The van der Waals surface area contributed by atoms with Crippen molar-refractivity contribution in [1.82, 2.24) is 0 Å². The largest absolute Gasteiger partial charge is 0.507 e. The van der Waals surface area contributed by atoms with Crippen molar-refractivity contribution in [1.29, 1.82) is 0 Å². The summed E-state index contributed by atoms with van der Waals surface area (Å²) in [5.74, 6) is -0.343. The van der Waals surface area contributed by atoms with Gasteiger partial charge in [0.2, 0.25) is 6.29 Å². The van der Waals surface area contributed by atoms with E-state index in [9.17, 15) is 40.5 Å². The Morgan fingerprint density at radius 2 is 1.82 bits per heavy atom. The van der Waals surface area contributed by atoms with E-state index in [0.29, 0.717) is 0 Å². The highest BCUT2D eigenvalue weighted by molar-refractivity contribution is 5.84. The molecule has 33 heavy (non-hydrogen) atoms. The van der Waals surface area contributed by atoms with Crippen LogP contribution in [0.25, 0.3) is 11.0 Å². The van der Waals surface area contributed by atoms with Gasteiger partial charge in [0.05, 0.1) is 25.2 Å². The van der Waals surface area contributed by atoms with Crippen molar-refractivity contribution in [2.45, 2.75) is 48.7 Å². The summed E-state index contributed by atoms with van der Waals surface area (Å²) < 4.78 is 26.5. The molecule has 3 heterocycles. The Morgan fingerprint density at radius 1 is 1.06 bits per heavy atom. The molecule has 2 aromatic rings. The number of hydrogen-bond acceptors (Lipinski definition) is 13. The van der Waals surface area contributed by atoms with Crippen LogP contribution in [0.15, 0.2) is 33.5 Å². The molecule has 0 spiro atoms.